The van der Waals surface area contributed by atoms with Gasteiger partial charge in [-0.15, -0.1) is 25.2 Å². The molecule has 0 bridgehead atoms. The molecule has 6 N–H and O–H groups in total. The van der Waals surface area contributed by atoms with Crippen LogP contribution in [0.2, 0.25) is 0 Å². The monoisotopic (exact) mass is 642 g/mol. The molecule has 201 valence electrons. The minimum Gasteiger partial charge on any atom is -0.686 e. The first-order valence-corrected chi connectivity index (χ1v) is 11.0. The molecule has 2 saturated heterocycles. The molecule has 13 nitrogen and oxygen atoms in total. The van der Waals surface area contributed by atoms with Crippen molar-refractivity contribution in [2.75, 3.05) is 13.1 Å². The van der Waals surface area contributed by atoms with Gasteiger partial charge in [-0.05, 0) is 20.3 Å². The van der Waals surface area contributed by atoms with E-state index in [2.05, 4.69) is 23.5 Å². The van der Waals surface area contributed by atoms with Crippen molar-refractivity contribution >= 4 is 0 Å². The van der Waals surface area contributed by atoms with Crippen LogP contribution in [0.3, 0.4) is 0 Å². The molecule has 0 spiro atoms. The maximum Gasteiger partial charge on any atom is 3.00 e. The normalized spacial score (nSPS) is 24.8. The van der Waals surface area contributed by atoms with Crippen molar-refractivity contribution in [2.45, 2.75) is 89.1 Å². The van der Waals surface area contributed by atoms with Crippen LogP contribution >= 0.6 is 0 Å². The van der Waals surface area contributed by atoms with Gasteiger partial charge in [0.25, 0.3) is 0 Å². The molecule has 3 aliphatic heterocycles. The Morgan fingerprint density at radius 1 is 0.941 bits per heavy atom. The summed E-state index contributed by atoms with van der Waals surface area (Å²) in [5, 5.41) is 56.6. The van der Waals surface area contributed by atoms with Crippen molar-refractivity contribution in [3.63, 3.8) is 0 Å². The first-order valence-electron chi connectivity index (χ1n) is 11.0. The first kappa shape index (κ1) is 34.9. The Hall–Kier alpha value is -1.23. The fourth-order valence-corrected chi connectivity index (χ4v) is 3.69. The predicted molar refractivity (Wildman–Crippen MR) is 118 cm³/mol. The summed E-state index contributed by atoms with van der Waals surface area (Å²) in [6, 6.07) is 1.30. The second-order valence-electron chi connectivity index (χ2n) is 7.93. The number of allylic oxidation sites excluding steroid dienone is 2. The Labute approximate surface area is 229 Å². The molecular formula is C20H38ErN5O8+2. The van der Waals surface area contributed by atoms with E-state index < -0.39 is 10.2 Å². The van der Waals surface area contributed by atoms with E-state index in [1.165, 1.54) is 44.2 Å². The predicted octanol–water partition coefficient (Wildman–Crippen LogP) is 3.26. The quantitative estimate of drug-likeness (QED) is 0.250. The zero-order valence-electron chi connectivity index (χ0n) is 19.5. The SMILES string of the molecule is C1=CC[N-]C(C2CCCC(C3CCCC[N-]3)[N-]2)=C1.CC(O)CC(C)O.O=[N+](O)O.O=[N+](O)O.[Er+3]. The van der Waals surface area contributed by atoms with E-state index in [-0.39, 0.29) is 49.5 Å². The summed E-state index contributed by atoms with van der Waals surface area (Å²) >= 11 is 0. The van der Waals surface area contributed by atoms with Gasteiger partial charge in [0.1, 0.15) is 9.81 Å². The van der Waals surface area contributed by atoms with E-state index >= 15 is 0 Å². The molecule has 1 radical (unpaired) electrons. The maximum absolute atomic E-state index is 8.56. The fraction of sp³-hybridized carbons (Fsp3) is 0.800. The minimum absolute atomic E-state index is 0. The second-order valence-corrected chi connectivity index (χ2v) is 7.93. The minimum atomic E-state index is -1.25. The molecule has 14 heteroatoms. The molecule has 3 aliphatic rings. The van der Waals surface area contributed by atoms with Gasteiger partial charge in [0.05, 0.1) is 12.2 Å². The first-order chi connectivity index (χ1) is 15.5. The smallest absolute Gasteiger partial charge is 0.686 e. The summed E-state index contributed by atoms with van der Waals surface area (Å²) in [5.74, 6) is 0. The number of hydrogen-bond acceptors (Lipinski definition) is 4. The molecule has 3 heterocycles. The van der Waals surface area contributed by atoms with Crippen LogP contribution in [-0.2, 0) is 0 Å². The molecule has 5 unspecified atom stereocenters. The van der Waals surface area contributed by atoms with Crippen molar-refractivity contribution < 1.29 is 78.5 Å². The molecule has 34 heavy (non-hydrogen) atoms. The van der Waals surface area contributed by atoms with Gasteiger partial charge in [0, 0.05) is 0 Å². The van der Waals surface area contributed by atoms with Gasteiger partial charge < -0.3 is 26.2 Å². The summed E-state index contributed by atoms with van der Waals surface area (Å²) in [4.78, 5) is 16.9. The third-order valence-electron chi connectivity index (χ3n) is 4.87. The van der Waals surface area contributed by atoms with Crippen LogP contribution in [0.1, 0.15) is 58.8 Å². The molecular weight excluding hydrogens is 606 g/mol. The van der Waals surface area contributed by atoms with E-state index in [1.807, 2.05) is 0 Å². The molecule has 0 aromatic heterocycles. The second kappa shape index (κ2) is 21.1. The van der Waals surface area contributed by atoms with Gasteiger partial charge in [-0.1, -0.05) is 50.7 Å². The van der Waals surface area contributed by atoms with Crippen LogP contribution in [0.25, 0.3) is 16.0 Å². The van der Waals surface area contributed by atoms with E-state index in [0.29, 0.717) is 24.5 Å². The number of hydrogen-bond donors (Lipinski definition) is 6. The molecule has 3 rings (SSSR count). The summed E-state index contributed by atoms with van der Waals surface area (Å²) in [6.45, 7) is 5.20. The van der Waals surface area contributed by atoms with Crippen LogP contribution in [-0.4, -0.2) is 84.6 Å². The van der Waals surface area contributed by atoms with Gasteiger partial charge in [0.15, 0.2) is 0 Å². The summed E-state index contributed by atoms with van der Waals surface area (Å²) in [5.41, 5.74) is 1.19. The topological polar surface area (TPSA) is 204 Å². The molecule has 0 amide bonds. The maximum atomic E-state index is 8.56. The van der Waals surface area contributed by atoms with E-state index in [0.717, 1.165) is 13.1 Å². The summed E-state index contributed by atoms with van der Waals surface area (Å²) < 4.78 is 0. The molecule has 2 fully saturated rings. The number of aliphatic hydroxyl groups is 2. The Morgan fingerprint density at radius 3 is 1.91 bits per heavy atom. The Balaban J connectivity index is 0. The van der Waals surface area contributed by atoms with Crippen molar-refractivity contribution in [2.24, 2.45) is 0 Å². The van der Waals surface area contributed by atoms with Gasteiger partial charge in [-0.25, -0.2) is 20.8 Å². The number of piperidine rings is 2. The van der Waals surface area contributed by atoms with E-state index in [9.17, 15) is 0 Å². The van der Waals surface area contributed by atoms with E-state index in [4.69, 9.17) is 51.5 Å². The van der Waals surface area contributed by atoms with Crippen LogP contribution in [0.5, 0.6) is 0 Å². The van der Waals surface area contributed by atoms with Crippen LogP contribution in [0, 0.1) is 47.1 Å². The Kier molecular flexibility index (Phi) is 21.7. The molecule has 0 aliphatic carbocycles. The van der Waals surface area contributed by atoms with Gasteiger partial charge >= 0.3 is 47.5 Å². The Bertz CT molecular complexity index is 590. The van der Waals surface area contributed by atoms with Crippen molar-refractivity contribution in [3.05, 3.63) is 49.7 Å². The van der Waals surface area contributed by atoms with Crippen LogP contribution in [0.15, 0.2) is 23.9 Å². The van der Waals surface area contributed by atoms with Crippen LogP contribution < -0.4 is 0 Å². The van der Waals surface area contributed by atoms with Crippen molar-refractivity contribution in [3.8, 4) is 0 Å². The van der Waals surface area contributed by atoms with Gasteiger partial charge in [0.2, 0.25) is 0 Å². The molecule has 0 saturated carbocycles. The standard InChI is InChI=1S/C15H22N3.C5H12O2.Er.2H2NO3/c1-3-10-16-12(6-1)14-8-5-9-15(18-14)13-7-2-4-11-17-13;1-4(6)3-5(2)7;;2*2-1(3)4/h1,3,6,13-15H,2,4-5,7-11H2;4-7H,3H2,1-2H3;;2*(H2,2,3,4)/q-3;;+3;2*+1. The van der Waals surface area contributed by atoms with E-state index in [1.54, 1.807) is 13.8 Å². The van der Waals surface area contributed by atoms with Gasteiger partial charge in [-0.3, -0.25) is 0 Å². The fourth-order valence-electron chi connectivity index (χ4n) is 3.69. The molecule has 0 aromatic rings. The Morgan fingerprint density at radius 2 is 1.50 bits per heavy atom. The number of rotatable bonds is 4. The third kappa shape index (κ3) is 20.2. The molecule has 5 atom stereocenters. The zero-order valence-corrected chi connectivity index (χ0v) is 21.4. The van der Waals surface area contributed by atoms with Crippen LogP contribution in [0.4, 0.5) is 0 Å². The summed E-state index contributed by atoms with van der Waals surface area (Å²) in [7, 11) is 0. The van der Waals surface area contributed by atoms with Crippen molar-refractivity contribution in [1.29, 1.82) is 0 Å². The van der Waals surface area contributed by atoms with Gasteiger partial charge in [-0.2, -0.15) is 17.8 Å². The number of aliphatic hydroxyl groups excluding tert-OH is 2. The summed E-state index contributed by atoms with van der Waals surface area (Å²) in [6.07, 6.45) is 13.6. The zero-order chi connectivity index (χ0) is 25.2. The third-order valence-corrected chi connectivity index (χ3v) is 4.87. The average Bonchev–Trinajstić information content (AvgIpc) is 2.74. The molecule has 0 aromatic carbocycles. The largest absolute Gasteiger partial charge is 3.00 e. The average molecular weight is 644 g/mol. The number of nitrogens with zero attached hydrogens (tertiary/aromatic N) is 5. The van der Waals surface area contributed by atoms with Crippen molar-refractivity contribution in [1.82, 2.24) is 0 Å².